The molecule has 0 aliphatic heterocycles. The molecule has 160 valence electrons. The summed E-state index contributed by atoms with van der Waals surface area (Å²) in [5, 5.41) is 7.94. The van der Waals surface area contributed by atoms with E-state index in [1.54, 1.807) is 24.3 Å². The summed E-state index contributed by atoms with van der Waals surface area (Å²) in [7, 11) is 0. The third-order valence-corrected chi connectivity index (χ3v) is 5.17. The largest absolute Gasteiger partial charge is 0.484 e. The Bertz CT molecular complexity index is 1220. The van der Waals surface area contributed by atoms with Crippen LogP contribution in [0.15, 0.2) is 97.1 Å². The molecule has 0 saturated carbocycles. The molecule has 4 aromatic rings. The van der Waals surface area contributed by atoms with Crippen molar-refractivity contribution < 1.29 is 14.3 Å². The first-order valence-corrected chi connectivity index (χ1v) is 10.5. The van der Waals surface area contributed by atoms with Gasteiger partial charge < -0.3 is 15.4 Å². The van der Waals surface area contributed by atoms with Gasteiger partial charge in [0.15, 0.2) is 6.61 Å². The van der Waals surface area contributed by atoms with Crippen LogP contribution in [-0.4, -0.2) is 18.4 Å². The first kappa shape index (κ1) is 21.1. The van der Waals surface area contributed by atoms with Gasteiger partial charge in [0.1, 0.15) is 5.75 Å². The van der Waals surface area contributed by atoms with Crippen LogP contribution in [0.2, 0.25) is 0 Å². The highest BCUT2D eigenvalue weighted by Gasteiger charge is 2.12. The van der Waals surface area contributed by atoms with Crippen LogP contribution in [0.4, 0.5) is 5.69 Å². The maximum Gasteiger partial charge on any atom is 0.262 e. The average Bonchev–Trinajstić information content (AvgIpc) is 2.83. The van der Waals surface area contributed by atoms with Gasteiger partial charge in [-0.3, -0.25) is 9.59 Å². The molecule has 0 bridgehead atoms. The minimum absolute atomic E-state index is 0.102. The molecule has 2 N–H and O–H groups in total. The summed E-state index contributed by atoms with van der Waals surface area (Å²) in [6.07, 6.45) is 0. The van der Waals surface area contributed by atoms with Crippen molar-refractivity contribution in [2.45, 2.75) is 13.0 Å². The lowest BCUT2D eigenvalue weighted by atomic mass is 10.1. The van der Waals surface area contributed by atoms with Crippen molar-refractivity contribution in [3.05, 3.63) is 108 Å². The Hall–Kier alpha value is -4.12. The van der Waals surface area contributed by atoms with E-state index in [2.05, 4.69) is 10.6 Å². The SMILES string of the molecule is CC(NC(=O)c1ccc(NC(=O)COc2ccc3ccccc3c2)cc1)c1ccccc1. The highest BCUT2D eigenvalue weighted by Crippen LogP contribution is 2.20. The zero-order valence-electron chi connectivity index (χ0n) is 17.7. The predicted octanol–water partition coefficient (Wildman–Crippen LogP) is 5.35. The lowest BCUT2D eigenvalue weighted by molar-refractivity contribution is -0.118. The van der Waals surface area contributed by atoms with E-state index in [-0.39, 0.29) is 24.5 Å². The molecule has 0 radical (unpaired) electrons. The molecule has 4 aromatic carbocycles. The number of fused-ring (bicyclic) bond motifs is 1. The molecule has 0 saturated heterocycles. The smallest absolute Gasteiger partial charge is 0.262 e. The summed E-state index contributed by atoms with van der Waals surface area (Å²) in [6, 6.07) is 30.2. The van der Waals surface area contributed by atoms with E-state index >= 15 is 0 Å². The summed E-state index contributed by atoms with van der Waals surface area (Å²) in [5.41, 5.74) is 2.17. The van der Waals surface area contributed by atoms with Crippen molar-refractivity contribution in [1.82, 2.24) is 5.32 Å². The molecular weight excluding hydrogens is 400 g/mol. The van der Waals surface area contributed by atoms with Gasteiger partial charge in [0.2, 0.25) is 0 Å². The minimum Gasteiger partial charge on any atom is -0.484 e. The number of rotatable bonds is 7. The van der Waals surface area contributed by atoms with E-state index in [9.17, 15) is 9.59 Å². The Morgan fingerprint density at radius 2 is 1.50 bits per heavy atom. The lowest BCUT2D eigenvalue weighted by Crippen LogP contribution is -2.26. The second kappa shape index (κ2) is 9.79. The second-order valence-corrected chi connectivity index (χ2v) is 7.53. The van der Waals surface area contributed by atoms with Crippen LogP contribution in [0.1, 0.15) is 28.9 Å². The summed E-state index contributed by atoms with van der Waals surface area (Å²) in [6.45, 7) is 1.84. The molecule has 5 heteroatoms. The third-order valence-electron chi connectivity index (χ3n) is 5.17. The van der Waals surface area contributed by atoms with Crippen molar-refractivity contribution in [3.8, 4) is 5.75 Å². The van der Waals surface area contributed by atoms with Gasteiger partial charge in [0, 0.05) is 11.3 Å². The molecule has 5 nitrogen and oxygen atoms in total. The Labute approximate surface area is 187 Å². The molecule has 0 heterocycles. The standard InChI is InChI=1S/C27H24N2O3/c1-19(20-7-3-2-4-8-20)28-27(31)22-11-14-24(15-12-22)29-26(30)18-32-25-16-13-21-9-5-6-10-23(21)17-25/h2-17,19H,18H2,1H3,(H,28,31)(H,29,30). The summed E-state index contributed by atoms with van der Waals surface area (Å²) >= 11 is 0. The van der Waals surface area contributed by atoms with Gasteiger partial charge in [0.25, 0.3) is 11.8 Å². The topological polar surface area (TPSA) is 67.4 Å². The number of anilines is 1. The summed E-state index contributed by atoms with van der Waals surface area (Å²) in [4.78, 5) is 24.8. The van der Waals surface area contributed by atoms with Gasteiger partial charge in [-0.15, -0.1) is 0 Å². The van der Waals surface area contributed by atoms with Crippen LogP contribution in [0.5, 0.6) is 5.75 Å². The Morgan fingerprint density at radius 3 is 2.25 bits per heavy atom. The van der Waals surface area contributed by atoms with Crippen LogP contribution < -0.4 is 15.4 Å². The van der Waals surface area contributed by atoms with Gasteiger partial charge in [-0.2, -0.15) is 0 Å². The van der Waals surface area contributed by atoms with E-state index in [1.165, 1.54) is 0 Å². The number of carbonyl (C=O) groups excluding carboxylic acids is 2. The fraction of sp³-hybridized carbons (Fsp3) is 0.111. The number of benzene rings is 4. The fourth-order valence-electron chi connectivity index (χ4n) is 3.41. The quantitative estimate of drug-likeness (QED) is 0.420. The van der Waals surface area contributed by atoms with Gasteiger partial charge in [-0.05, 0) is 59.7 Å². The number of hydrogen-bond acceptors (Lipinski definition) is 3. The minimum atomic E-state index is -0.270. The summed E-state index contributed by atoms with van der Waals surface area (Å²) < 4.78 is 5.62. The van der Waals surface area contributed by atoms with Crippen molar-refractivity contribution in [2.24, 2.45) is 0 Å². The van der Waals surface area contributed by atoms with Gasteiger partial charge in [0.05, 0.1) is 6.04 Å². The number of carbonyl (C=O) groups is 2. The van der Waals surface area contributed by atoms with Crippen LogP contribution in [0.25, 0.3) is 10.8 Å². The molecule has 32 heavy (non-hydrogen) atoms. The Balaban J connectivity index is 1.29. The maximum absolute atomic E-state index is 12.5. The average molecular weight is 425 g/mol. The predicted molar refractivity (Wildman–Crippen MR) is 127 cm³/mol. The first-order valence-electron chi connectivity index (χ1n) is 10.5. The maximum atomic E-state index is 12.5. The molecule has 0 spiro atoms. The number of amides is 2. The van der Waals surface area contributed by atoms with Crippen molar-refractivity contribution in [3.63, 3.8) is 0 Å². The Kier molecular flexibility index (Phi) is 6.46. The molecule has 0 aliphatic carbocycles. The first-order chi connectivity index (χ1) is 15.6. The van der Waals surface area contributed by atoms with E-state index < -0.39 is 0 Å². The lowest BCUT2D eigenvalue weighted by Gasteiger charge is -2.14. The number of hydrogen-bond donors (Lipinski definition) is 2. The van der Waals surface area contributed by atoms with Crippen LogP contribution >= 0.6 is 0 Å². The molecule has 0 aromatic heterocycles. The molecule has 1 atom stereocenters. The normalized spacial score (nSPS) is 11.5. The molecule has 0 aliphatic rings. The molecule has 0 fully saturated rings. The van der Waals surface area contributed by atoms with Crippen LogP contribution in [0.3, 0.4) is 0 Å². The fourth-order valence-corrected chi connectivity index (χ4v) is 3.41. The third kappa shape index (κ3) is 5.32. The van der Waals surface area contributed by atoms with Crippen LogP contribution in [-0.2, 0) is 4.79 Å². The highest BCUT2D eigenvalue weighted by atomic mass is 16.5. The molecular formula is C27H24N2O3. The van der Waals surface area contributed by atoms with Gasteiger partial charge >= 0.3 is 0 Å². The Morgan fingerprint density at radius 1 is 0.812 bits per heavy atom. The molecule has 2 amide bonds. The van der Waals surface area contributed by atoms with Crippen molar-refractivity contribution >= 4 is 28.3 Å². The number of nitrogens with one attached hydrogen (secondary N) is 2. The van der Waals surface area contributed by atoms with E-state index in [4.69, 9.17) is 4.74 Å². The monoisotopic (exact) mass is 424 g/mol. The zero-order chi connectivity index (χ0) is 22.3. The summed E-state index contributed by atoms with van der Waals surface area (Å²) in [5.74, 6) is 0.199. The zero-order valence-corrected chi connectivity index (χ0v) is 17.7. The van der Waals surface area contributed by atoms with Gasteiger partial charge in [-0.25, -0.2) is 0 Å². The van der Waals surface area contributed by atoms with Crippen molar-refractivity contribution in [1.29, 1.82) is 0 Å². The molecule has 1 unspecified atom stereocenters. The number of ether oxygens (including phenoxy) is 1. The second-order valence-electron chi connectivity index (χ2n) is 7.53. The van der Waals surface area contributed by atoms with E-state index in [0.717, 1.165) is 16.3 Å². The van der Waals surface area contributed by atoms with Crippen molar-refractivity contribution in [2.75, 3.05) is 11.9 Å². The van der Waals surface area contributed by atoms with E-state index in [0.29, 0.717) is 17.0 Å². The van der Waals surface area contributed by atoms with Gasteiger partial charge in [-0.1, -0.05) is 60.7 Å². The highest BCUT2D eigenvalue weighted by molar-refractivity contribution is 5.96. The molecule has 4 rings (SSSR count). The van der Waals surface area contributed by atoms with E-state index in [1.807, 2.05) is 79.7 Å². The van der Waals surface area contributed by atoms with Crippen LogP contribution in [0, 0.1) is 0 Å².